The summed E-state index contributed by atoms with van der Waals surface area (Å²) in [6.45, 7) is 11.5. The molecule has 0 aliphatic carbocycles. The molecule has 1 rings (SSSR count). The van der Waals surface area contributed by atoms with Gasteiger partial charge in [-0.2, -0.15) is 0 Å². The number of hydrogen-bond donors (Lipinski definition) is 1. The van der Waals surface area contributed by atoms with Crippen molar-refractivity contribution in [2.45, 2.75) is 27.7 Å². The Morgan fingerprint density at radius 3 is 1.85 bits per heavy atom. The highest BCUT2D eigenvalue weighted by Crippen LogP contribution is 2.15. The Bertz CT molecular complexity index is 216. The third kappa shape index (κ3) is 5.97. The molecule has 1 nitrogen and oxygen atoms in total. The second-order valence-corrected chi connectivity index (χ2v) is 1.76. The second-order valence-electron chi connectivity index (χ2n) is 1.76. The molecule has 0 heterocycles. The van der Waals surface area contributed by atoms with Gasteiger partial charge in [-0.05, 0) is 6.07 Å². The van der Waals surface area contributed by atoms with Crippen LogP contribution in [0.5, 0.6) is 5.75 Å². The van der Waals surface area contributed by atoms with Gasteiger partial charge in [-0.1, -0.05) is 58.5 Å². The molecule has 0 saturated heterocycles. The SMILES string of the molecule is C=Cc1ccccc1O.CC.CC. The third-order valence-corrected chi connectivity index (χ3v) is 1.16. The number of phenols is 1. The van der Waals surface area contributed by atoms with Crippen LogP contribution in [0.2, 0.25) is 0 Å². The first-order valence-electron chi connectivity index (χ1n) is 4.75. The summed E-state index contributed by atoms with van der Waals surface area (Å²) in [6, 6.07) is 7.08. The van der Waals surface area contributed by atoms with E-state index in [1.54, 1.807) is 18.2 Å². The van der Waals surface area contributed by atoms with Gasteiger partial charge < -0.3 is 5.11 Å². The van der Waals surface area contributed by atoms with Gasteiger partial charge in [-0.25, -0.2) is 0 Å². The standard InChI is InChI=1S/C8H8O.2C2H6/c1-2-7-5-3-4-6-8(7)9;2*1-2/h2-6,9H,1H2;2*1-2H3. The van der Waals surface area contributed by atoms with Gasteiger partial charge in [0.15, 0.2) is 0 Å². The Hall–Kier alpha value is -1.24. The van der Waals surface area contributed by atoms with Crippen molar-refractivity contribution in [3.8, 4) is 5.75 Å². The zero-order chi connectivity index (χ0) is 10.7. The molecule has 0 aliphatic heterocycles. The number of para-hydroxylation sites is 1. The summed E-state index contributed by atoms with van der Waals surface area (Å²) >= 11 is 0. The lowest BCUT2D eigenvalue weighted by molar-refractivity contribution is 0.474. The molecule has 0 atom stereocenters. The Labute approximate surface area is 81.7 Å². The molecule has 0 aliphatic rings. The first-order chi connectivity index (χ1) is 6.34. The van der Waals surface area contributed by atoms with E-state index in [0.717, 1.165) is 5.56 Å². The van der Waals surface area contributed by atoms with E-state index in [-0.39, 0.29) is 5.75 Å². The van der Waals surface area contributed by atoms with Crippen LogP contribution in [-0.2, 0) is 0 Å². The lowest BCUT2D eigenvalue weighted by Gasteiger charge is -1.93. The molecule has 1 aromatic carbocycles. The monoisotopic (exact) mass is 180 g/mol. The molecule has 1 heteroatoms. The van der Waals surface area contributed by atoms with Crippen molar-refractivity contribution < 1.29 is 5.11 Å². The van der Waals surface area contributed by atoms with Gasteiger partial charge in [0.2, 0.25) is 0 Å². The van der Waals surface area contributed by atoms with E-state index in [1.165, 1.54) is 0 Å². The maximum Gasteiger partial charge on any atom is 0.122 e. The normalized spacial score (nSPS) is 7.08. The fraction of sp³-hybridized carbons (Fsp3) is 0.333. The van der Waals surface area contributed by atoms with Crippen LogP contribution < -0.4 is 0 Å². The molecule has 0 radical (unpaired) electrons. The summed E-state index contributed by atoms with van der Waals surface area (Å²) in [7, 11) is 0. The quantitative estimate of drug-likeness (QED) is 0.690. The highest BCUT2D eigenvalue weighted by atomic mass is 16.3. The average Bonchev–Trinajstić information content (AvgIpc) is 2.24. The summed E-state index contributed by atoms with van der Waals surface area (Å²) in [5, 5.41) is 9.04. The van der Waals surface area contributed by atoms with Gasteiger partial charge in [-0.15, -0.1) is 0 Å². The lowest BCUT2D eigenvalue weighted by Crippen LogP contribution is -1.69. The Morgan fingerprint density at radius 1 is 1.08 bits per heavy atom. The van der Waals surface area contributed by atoms with Crippen molar-refractivity contribution in [1.29, 1.82) is 0 Å². The molecule has 0 fully saturated rings. The van der Waals surface area contributed by atoms with Crippen LogP contribution >= 0.6 is 0 Å². The molecular formula is C12H20O. The predicted octanol–water partition coefficient (Wildman–Crippen LogP) is 4.09. The topological polar surface area (TPSA) is 20.2 Å². The van der Waals surface area contributed by atoms with Crippen LogP contribution in [-0.4, -0.2) is 5.11 Å². The van der Waals surface area contributed by atoms with E-state index < -0.39 is 0 Å². The van der Waals surface area contributed by atoms with Gasteiger partial charge in [0.25, 0.3) is 0 Å². The van der Waals surface area contributed by atoms with E-state index in [1.807, 2.05) is 39.8 Å². The molecule has 0 aromatic heterocycles. The molecular weight excluding hydrogens is 160 g/mol. The molecule has 74 valence electrons. The minimum Gasteiger partial charge on any atom is -0.507 e. The molecule has 0 unspecified atom stereocenters. The largest absolute Gasteiger partial charge is 0.507 e. The molecule has 0 amide bonds. The van der Waals surface area contributed by atoms with E-state index in [9.17, 15) is 0 Å². The number of rotatable bonds is 1. The maximum atomic E-state index is 9.04. The van der Waals surface area contributed by atoms with Crippen LogP contribution in [0.1, 0.15) is 33.3 Å². The van der Waals surface area contributed by atoms with E-state index in [4.69, 9.17) is 5.11 Å². The molecule has 0 bridgehead atoms. The van der Waals surface area contributed by atoms with Gasteiger partial charge in [0.05, 0.1) is 0 Å². The van der Waals surface area contributed by atoms with Gasteiger partial charge in [-0.3, -0.25) is 0 Å². The van der Waals surface area contributed by atoms with Crippen LogP contribution in [0.3, 0.4) is 0 Å². The summed E-state index contributed by atoms with van der Waals surface area (Å²) < 4.78 is 0. The first kappa shape index (κ1) is 14.3. The van der Waals surface area contributed by atoms with Crippen LogP contribution in [0.15, 0.2) is 30.8 Å². The van der Waals surface area contributed by atoms with Crippen LogP contribution in [0.25, 0.3) is 6.08 Å². The lowest BCUT2D eigenvalue weighted by atomic mass is 10.2. The van der Waals surface area contributed by atoms with E-state index in [2.05, 4.69) is 6.58 Å². The fourth-order valence-electron chi connectivity index (χ4n) is 0.660. The number of aromatic hydroxyl groups is 1. The second kappa shape index (κ2) is 10.8. The number of phenolic OH excluding ortho intramolecular Hbond substituents is 1. The smallest absolute Gasteiger partial charge is 0.122 e. The molecule has 13 heavy (non-hydrogen) atoms. The van der Waals surface area contributed by atoms with Gasteiger partial charge in [0.1, 0.15) is 5.75 Å². The zero-order valence-corrected chi connectivity index (χ0v) is 9.04. The van der Waals surface area contributed by atoms with Crippen molar-refractivity contribution in [1.82, 2.24) is 0 Å². The summed E-state index contributed by atoms with van der Waals surface area (Å²) in [4.78, 5) is 0. The third-order valence-electron chi connectivity index (χ3n) is 1.16. The summed E-state index contributed by atoms with van der Waals surface area (Å²) in [5.74, 6) is 0.285. The van der Waals surface area contributed by atoms with E-state index >= 15 is 0 Å². The first-order valence-corrected chi connectivity index (χ1v) is 4.75. The summed E-state index contributed by atoms with van der Waals surface area (Å²) in [5.41, 5.74) is 0.775. The number of benzene rings is 1. The average molecular weight is 180 g/mol. The van der Waals surface area contributed by atoms with Gasteiger partial charge >= 0.3 is 0 Å². The molecule has 1 aromatic rings. The fourth-order valence-corrected chi connectivity index (χ4v) is 0.660. The van der Waals surface area contributed by atoms with Crippen molar-refractivity contribution in [2.24, 2.45) is 0 Å². The Balaban J connectivity index is 0. The summed E-state index contributed by atoms with van der Waals surface area (Å²) in [6.07, 6.45) is 1.62. The molecule has 1 N–H and O–H groups in total. The highest BCUT2D eigenvalue weighted by Gasteiger charge is 1.89. The van der Waals surface area contributed by atoms with Crippen molar-refractivity contribution in [3.05, 3.63) is 36.4 Å². The molecule has 0 spiro atoms. The van der Waals surface area contributed by atoms with E-state index in [0.29, 0.717) is 0 Å². The van der Waals surface area contributed by atoms with Crippen molar-refractivity contribution in [3.63, 3.8) is 0 Å². The highest BCUT2D eigenvalue weighted by molar-refractivity contribution is 5.54. The van der Waals surface area contributed by atoms with Crippen LogP contribution in [0.4, 0.5) is 0 Å². The zero-order valence-electron chi connectivity index (χ0n) is 9.04. The van der Waals surface area contributed by atoms with Crippen LogP contribution in [0, 0.1) is 0 Å². The molecule has 0 saturated carbocycles. The number of hydrogen-bond acceptors (Lipinski definition) is 1. The van der Waals surface area contributed by atoms with Crippen molar-refractivity contribution >= 4 is 6.08 Å². The minimum absolute atomic E-state index is 0.285. The maximum absolute atomic E-state index is 9.04. The van der Waals surface area contributed by atoms with Gasteiger partial charge in [0, 0.05) is 5.56 Å². The predicted molar refractivity (Wildman–Crippen MR) is 60.9 cm³/mol. The minimum atomic E-state index is 0.285. The Morgan fingerprint density at radius 2 is 1.54 bits per heavy atom. The van der Waals surface area contributed by atoms with Crippen molar-refractivity contribution in [2.75, 3.05) is 0 Å². The Kier molecular flexibility index (Phi) is 11.8.